The van der Waals surface area contributed by atoms with Crippen LogP contribution in [0.15, 0.2) is 89.8 Å². The molecule has 1 amide bonds. The third-order valence-electron chi connectivity index (χ3n) is 7.42. The Hall–Kier alpha value is -4.26. The third kappa shape index (κ3) is 9.38. The zero-order valence-corrected chi connectivity index (χ0v) is 26.1. The lowest BCUT2D eigenvalue weighted by atomic mass is 9.88. The predicted octanol–water partition coefficient (Wildman–Crippen LogP) is 6.30. The normalized spacial score (nSPS) is 12.8. The van der Waals surface area contributed by atoms with E-state index in [-0.39, 0.29) is 47.5 Å². The zero-order valence-electron chi connectivity index (χ0n) is 25.3. The molecule has 12 heteroatoms. The number of methoxy groups -OCH3 is 1. The number of halogens is 4. The number of nitrogens with one attached hydrogen (secondary N) is 3. The molecule has 0 aliphatic heterocycles. The van der Waals surface area contributed by atoms with Crippen LogP contribution in [0.2, 0.25) is 0 Å². The Kier molecular flexibility index (Phi) is 11.9. The van der Waals surface area contributed by atoms with Crippen molar-refractivity contribution >= 4 is 21.6 Å². The Morgan fingerprint density at radius 3 is 2.15 bits per heavy atom. The fourth-order valence-corrected chi connectivity index (χ4v) is 6.37. The van der Waals surface area contributed by atoms with Gasteiger partial charge in [-0.25, -0.2) is 30.7 Å². The van der Waals surface area contributed by atoms with Crippen LogP contribution >= 0.6 is 0 Å². The predicted molar refractivity (Wildman–Crippen MR) is 168 cm³/mol. The Labute approximate surface area is 266 Å². The fourth-order valence-electron chi connectivity index (χ4n) is 5.10. The molecule has 4 rings (SSSR count). The van der Waals surface area contributed by atoms with Gasteiger partial charge < -0.3 is 15.4 Å². The van der Waals surface area contributed by atoms with Crippen LogP contribution in [0.4, 0.5) is 23.2 Å². The number of anilines is 1. The summed E-state index contributed by atoms with van der Waals surface area (Å²) >= 11 is 0. The minimum Gasteiger partial charge on any atom is -0.497 e. The van der Waals surface area contributed by atoms with E-state index >= 15 is 4.39 Å². The van der Waals surface area contributed by atoms with Crippen molar-refractivity contribution in [1.82, 2.24) is 10.0 Å². The van der Waals surface area contributed by atoms with Crippen LogP contribution in [0.3, 0.4) is 0 Å². The van der Waals surface area contributed by atoms with Crippen molar-refractivity contribution in [2.45, 2.75) is 43.0 Å². The Bertz CT molecular complexity index is 1720. The molecule has 0 aliphatic carbocycles. The third-order valence-corrected chi connectivity index (χ3v) is 8.95. The summed E-state index contributed by atoms with van der Waals surface area (Å²) < 4.78 is 91.0. The van der Waals surface area contributed by atoms with Gasteiger partial charge in [0.15, 0.2) is 0 Å². The van der Waals surface area contributed by atoms with Crippen molar-refractivity contribution in [3.05, 3.63) is 125 Å². The largest absolute Gasteiger partial charge is 0.497 e. The van der Waals surface area contributed by atoms with Gasteiger partial charge in [0.1, 0.15) is 29.0 Å². The second-order valence-electron chi connectivity index (χ2n) is 10.7. The van der Waals surface area contributed by atoms with E-state index in [0.29, 0.717) is 23.9 Å². The van der Waals surface area contributed by atoms with Crippen molar-refractivity contribution in [2.75, 3.05) is 25.5 Å². The molecular weight excluding hydrogens is 622 g/mol. The number of carbonyl (C=O) groups excluding carboxylic acids is 1. The molecule has 0 aliphatic rings. The van der Waals surface area contributed by atoms with Gasteiger partial charge in [-0.3, -0.25) is 4.79 Å². The number of sulfonamides is 1. The summed E-state index contributed by atoms with van der Waals surface area (Å²) in [6.07, 6.45) is -0.0257. The van der Waals surface area contributed by atoms with Crippen LogP contribution < -0.4 is 20.1 Å². The van der Waals surface area contributed by atoms with Gasteiger partial charge in [0.25, 0.3) is 0 Å². The number of ether oxygens (including phenoxy) is 1. The molecule has 0 aromatic heterocycles. The van der Waals surface area contributed by atoms with E-state index in [4.69, 9.17) is 4.74 Å². The van der Waals surface area contributed by atoms with Crippen molar-refractivity contribution in [1.29, 1.82) is 0 Å². The lowest BCUT2D eigenvalue weighted by molar-refractivity contribution is -0.116. The highest BCUT2D eigenvalue weighted by atomic mass is 32.2. The summed E-state index contributed by atoms with van der Waals surface area (Å²) in [7, 11) is -2.44. The summed E-state index contributed by atoms with van der Waals surface area (Å²) in [5, 5.41) is 5.82. The van der Waals surface area contributed by atoms with E-state index in [1.807, 2.05) is 6.92 Å². The number of benzene rings is 4. The van der Waals surface area contributed by atoms with E-state index in [0.717, 1.165) is 12.1 Å². The number of hydrogen-bond donors (Lipinski definition) is 3. The highest BCUT2D eigenvalue weighted by molar-refractivity contribution is 7.89. The quantitative estimate of drug-likeness (QED) is 0.131. The molecule has 244 valence electrons. The van der Waals surface area contributed by atoms with Gasteiger partial charge in [0, 0.05) is 42.2 Å². The molecular formula is C34H35F4N3O4S. The molecule has 0 fully saturated rings. The van der Waals surface area contributed by atoms with Crippen molar-refractivity contribution in [2.24, 2.45) is 0 Å². The maximum atomic E-state index is 15.2. The molecule has 0 unspecified atom stereocenters. The first-order valence-electron chi connectivity index (χ1n) is 14.6. The second-order valence-corrected chi connectivity index (χ2v) is 12.4. The SMILES string of the molecule is CCNC[C@H](CCc1c(F)cccc1NC(=O)C[C@@H](c1ccc(F)cc1)c1cc(F)cc(F)c1)NS(=O)(=O)c1ccc(OC)cc1. The molecule has 0 saturated carbocycles. The summed E-state index contributed by atoms with van der Waals surface area (Å²) in [6, 6.07) is 17.6. The molecule has 0 saturated heterocycles. The van der Waals surface area contributed by atoms with Gasteiger partial charge in [-0.15, -0.1) is 0 Å². The summed E-state index contributed by atoms with van der Waals surface area (Å²) in [5.74, 6) is -3.67. The average Bonchev–Trinajstić information content (AvgIpc) is 3.02. The van der Waals surface area contributed by atoms with Gasteiger partial charge in [0.2, 0.25) is 15.9 Å². The van der Waals surface area contributed by atoms with Crippen LogP contribution in [0.5, 0.6) is 5.75 Å². The molecule has 46 heavy (non-hydrogen) atoms. The first kappa shape index (κ1) is 34.6. The van der Waals surface area contributed by atoms with E-state index in [1.54, 1.807) is 0 Å². The monoisotopic (exact) mass is 657 g/mol. The minimum absolute atomic E-state index is 0.0440. The summed E-state index contributed by atoms with van der Waals surface area (Å²) in [5.41, 5.74) is 0.968. The van der Waals surface area contributed by atoms with Crippen LogP contribution in [-0.4, -0.2) is 40.6 Å². The first-order valence-corrected chi connectivity index (χ1v) is 16.1. The molecule has 2 atom stereocenters. The van der Waals surface area contributed by atoms with Crippen molar-refractivity contribution in [3.8, 4) is 5.75 Å². The Morgan fingerprint density at radius 2 is 1.52 bits per heavy atom. The maximum Gasteiger partial charge on any atom is 0.240 e. The number of carbonyl (C=O) groups is 1. The highest BCUT2D eigenvalue weighted by Gasteiger charge is 2.24. The highest BCUT2D eigenvalue weighted by Crippen LogP contribution is 2.31. The van der Waals surface area contributed by atoms with Gasteiger partial charge in [-0.05, 0) is 91.2 Å². The Balaban J connectivity index is 1.53. The number of rotatable bonds is 15. The topological polar surface area (TPSA) is 96.5 Å². The summed E-state index contributed by atoms with van der Waals surface area (Å²) in [4.78, 5) is 13.4. The van der Waals surface area contributed by atoms with Crippen LogP contribution in [0.25, 0.3) is 0 Å². The fraction of sp³-hybridized carbons (Fsp3) is 0.265. The number of amides is 1. The minimum atomic E-state index is -3.92. The molecule has 0 spiro atoms. The molecule has 7 nitrogen and oxygen atoms in total. The lowest BCUT2D eigenvalue weighted by Gasteiger charge is -2.21. The lowest BCUT2D eigenvalue weighted by Crippen LogP contribution is -2.42. The first-order chi connectivity index (χ1) is 22.0. The molecule has 3 N–H and O–H groups in total. The van der Waals surface area contributed by atoms with Gasteiger partial charge in [-0.2, -0.15) is 0 Å². The zero-order chi connectivity index (χ0) is 33.3. The van der Waals surface area contributed by atoms with Crippen LogP contribution in [0, 0.1) is 23.3 Å². The van der Waals surface area contributed by atoms with Crippen molar-refractivity contribution in [3.63, 3.8) is 0 Å². The number of likely N-dealkylation sites (N-methyl/N-ethyl adjacent to an activating group) is 1. The molecule has 4 aromatic rings. The van der Waals surface area contributed by atoms with Crippen LogP contribution in [-0.2, 0) is 21.2 Å². The van der Waals surface area contributed by atoms with E-state index in [2.05, 4.69) is 15.4 Å². The summed E-state index contributed by atoms with van der Waals surface area (Å²) in [6.45, 7) is 2.72. The number of hydrogen-bond acceptors (Lipinski definition) is 5. The van der Waals surface area contributed by atoms with Gasteiger partial charge >= 0.3 is 0 Å². The molecule has 4 aromatic carbocycles. The smallest absolute Gasteiger partial charge is 0.240 e. The van der Waals surface area contributed by atoms with Crippen LogP contribution in [0.1, 0.15) is 42.4 Å². The van der Waals surface area contributed by atoms with Crippen molar-refractivity contribution < 1.29 is 35.5 Å². The average molecular weight is 658 g/mol. The standard InChI is InChI=1S/C34H35F4N3O4S/c1-3-39-21-27(41-46(43,44)29-14-12-28(45-2)13-15-29)11-16-30-32(38)5-4-6-33(30)40-34(42)20-31(22-7-9-24(35)10-8-22)23-17-25(36)19-26(37)18-23/h4-10,12-15,17-19,27,31,39,41H,3,11,16,20-21H2,1-2H3,(H,40,42)/t27-,31-/m0/s1. The molecule has 0 heterocycles. The van der Waals surface area contributed by atoms with Gasteiger partial charge in [-0.1, -0.05) is 25.1 Å². The van der Waals surface area contributed by atoms with Gasteiger partial charge in [0.05, 0.1) is 12.0 Å². The van der Waals surface area contributed by atoms with E-state index < -0.39 is 51.2 Å². The van der Waals surface area contributed by atoms with E-state index in [9.17, 15) is 26.4 Å². The molecule has 0 radical (unpaired) electrons. The van der Waals surface area contributed by atoms with E-state index in [1.165, 1.54) is 73.8 Å². The Morgan fingerprint density at radius 1 is 0.848 bits per heavy atom. The molecule has 0 bridgehead atoms. The second kappa shape index (κ2) is 15.8. The maximum absolute atomic E-state index is 15.2.